The lowest BCUT2D eigenvalue weighted by atomic mass is 10.1. The number of benzene rings is 2. The van der Waals surface area contributed by atoms with Crippen LogP contribution < -0.4 is 16.3 Å². The third-order valence-electron chi connectivity index (χ3n) is 3.43. The molecule has 5 heteroatoms. The van der Waals surface area contributed by atoms with Crippen molar-refractivity contribution in [3.8, 4) is 0 Å². The second kappa shape index (κ2) is 6.36. The zero-order valence-electron chi connectivity index (χ0n) is 12.6. The molecule has 0 aliphatic rings. The molecule has 0 saturated heterocycles. The van der Waals surface area contributed by atoms with Crippen LogP contribution in [0.5, 0.6) is 0 Å². The van der Waals surface area contributed by atoms with Crippen molar-refractivity contribution in [3.63, 3.8) is 0 Å². The normalized spacial score (nSPS) is 10.5. The summed E-state index contributed by atoms with van der Waals surface area (Å²) in [6, 6.07) is 17.0. The Morgan fingerprint density at radius 3 is 2.43 bits per heavy atom. The van der Waals surface area contributed by atoms with Crippen molar-refractivity contribution in [2.45, 2.75) is 13.5 Å². The number of fused-ring (bicyclic) bond motifs is 1. The molecule has 0 bridgehead atoms. The van der Waals surface area contributed by atoms with Crippen LogP contribution >= 0.6 is 0 Å². The molecular formula is C18H16N2O3. The van der Waals surface area contributed by atoms with Gasteiger partial charge in [-0.2, -0.15) is 0 Å². The van der Waals surface area contributed by atoms with Gasteiger partial charge in [0.1, 0.15) is 5.58 Å². The van der Waals surface area contributed by atoms with Gasteiger partial charge < -0.3 is 15.1 Å². The Morgan fingerprint density at radius 2 is 1.70 bits per heavy atom. The number of rotatable bonds is 4. The van der Waals surface area contributed by atoms with Gasteiger partial charge in [-0.05, 0) is 17.7 Å². The molecule has 0 aliphatic heterocycles. The van der Waals surface area contributed by atoms with E-state index in [0.717, 1.165) is 10.9 Å². The Bertz CT molecular complexity index is 901. The molecule has 23 heavy (non-hydrogen) atoms. The van der Waals surface area contributed by atoms with Gasteiger partial charge >= 0.3 is 5.63 Å². The van der Waals surface area contributed by atoms with Crippen molar-refractivity contribution in [3.05, 3.63) is 70.6 Å². The number of nitrogens with one attached hydrogen (secondary N) is 2. The van der Waals surface area contributed by atoms with Crippen LogP contribution in [0.4, 0.5) is 11.4 Å². The Kier molecular flexibility index (Phi) is 4.10. The highest BCUT2D eigenvalue weighted by Gasteiger charge is 2.15. The maximum atomic E-state index is 12.2. The van der Waals surface area contributed by atoms with Gasteiger partial charge in [0, 0.05) is 18.9 Å². The summed E-state index contributed by atoms with van der Waals surface area (Å²) in [5.41, 5.74) is 1.67. The smallest absolute Gasteiger partial charge is 0.362 e. The SMILES string of the molecule is CC(=O)Nc1c(NCc2ccccc2)c2ccccc2oc1=O. The Labute approximate surface area is 132 Å². The van der Waals surface area contributed by atoms with Crippen molar-refractivity contribution in [1.82, 2.24) is 0 Å². The van der Waals surface area contributed by atoms with E-state index in [0.29, 0.717) is 17.8 Å². The van der Waals surface area contributed by atoms with E-state index in [1.54, 1.807) is 12.1 Å². The van der Waals surface area contributed by atoms with Crippen LogP contribution in [-0.4, -0.2) is 5.91 Å². The van der Waals surface area contributed by atoms with E-state index >= 15 is 0 Å². The minimum absolute atomic E-state index is 0.132. The van der Waals surface area contributed by atoms with E-state index in [4.69, 9.17) is 4.42 Å². The van der Waals surface area contributed by atoms with Crippen molar-refractivity contribution in [1.29, 1.82) is 0 Å². The highest BCUT2D eigenvalue weighted by atomic mass is 16.4. The predicted molar refractivity (Wildman–Crippen MR) is 90.6 cm³/mol. The summed E-state index contributed by atoms with van der Waals surface area (Å²) in [6.45, 7) is 1.89. The maximum Gasteiger partial charge on any atom is 0.362 e. The van der Waals surface area contributed by atoms with E-state index in [1.807, 2.05) is 42.5 Å². The first-order chi connectivity index (χ1) is 11.1. The van der Waals surface area contributed by atoms with Crippen LogP contribution in [0.1, 0.15) is 12.5 Å². The van der Waals surface area contributed by atoms with E-state index < -0.39 is 5.63 Å². The third kappa shape index (κ3) is 3.23. The van der Waals surface area contributed by atoms with Gasteiger partial charge in [0.25, 0.3) is 0 Å². The molecule has 0 atom stereocenters. The minimum atomic E-state index is -0.575. The van der Waals surface area contributed by atoms with Gasteiger partial charge in [-0.1, -0.05) is 42.5 Å². The van der Waals surface area contributed by atoms with Crippen LogP contribution in [0.3, 0.4) is 0 Å². The molecule has 0 fully saturated rings. The Hall–Kier alpha value is -3.08. The molecule has 0 spiro atoms. The van der Waals surface area contributed by atoms with Crippen molar-refractivity contribution in [2.24, 2.45) is 0 Å². The highest BCUT2D eigenvalue weighted by molar-refractivity contribution is 6.01. The lowest BCUT2D eigenvalue weighted by Gasteiger charge is -2.13. The molecular weight excluding hydrogens is 292 g/mol. The quantitative estimate of drug-likeness (QED) is 0.725. The average molecular weight is 308 g/mol. The van der Waals surface area contributed by atoms with Crippen LogP contribution in [0.15, 0.2) is 63.8 Å². The molecule has 0 saturated carbocycles. The maximum absolute atomic E-state index is 12.2. The number of carbonyl (C=O) groups excluding carboxylic acids is 1. The molecule has 3 rings (SSSR count). The monoisotopic (exact) mass is 308 g/mol. The third-order valence-corrected chi connectivity index (χ3v) is 3.43. The fourth-order valence-electron chi connectivity index (χ4n) is 2.41. The van der Waals surface area contributed by atoms with E-state index in [-0.39, 0.29) is 11.6 Å². The Balaban J connectivity index is 2.07. The fourth-order valence-corrected chi connectivity index (χ4v) is 2.41. The van der Waals surface area contributed by atoms with Crippen molar-refractivity contribution >= 4 is 28.3 Å². The number of hydrogen-bond donors (Lipinski definition) is 2. The Morgan fingerprint density at radius 1 is 1.00 bits per heavy atom. The molecule has 2 aromatic carbocycles. The molecule has 1 heterocycles. The molecule has 3 aromatic rings. The molecule has 5 nitrogen and oxygen atoms in total. The second-order valence-electron chi connectivity index (χ2n) is 5.16. The zero-order chi connectivity index (χ0) is 16.2. The fraction of sp³-hybridized carbons (Fsp3) is 0.111. The van der Waals surface area contributed by atoms with Gasteiger partial charge in [0.05, 0.1) is 5.69 Å². The molecule has 2 N–H and O–H groups in total. The number of para-hydroxylation sites is 1. The van der Waals surface area contributed by atoms with Crippen molar-refractivity contribution in [2.75, 3.05) is 10.6 Å². The first-order valence-electron chi connectivity index (χ1n) is 7.26. The van der Waals surface area contributed by atoms with Crippen LogP contribution in [0.25, 0.3) is 11.0 Å². The molecule has 0 aliphatic carbocycles. The van der Waals surface area contributed by atoms with Gasteiger partial charge in [-0.15, -0.1) is 0 Å². The molecule has 116 valence electrons. The summed E-state index contributed by atoms with van der Waals surface area (Å²) in [5.74, 6) is -0.324. The standard InChI is InChI=1S/C18H16N2O3/c1-12(21)20-17-16(19-11-13-7-3-2-4-8-13)14-9-5-6-10-15(14)23-18(17)22/h2-10,19H,11H2,1H3,(H,20,21). The first kappa shape index (κ1) is 14.8. The van der Waals surface area contributed by atoms with Crippen LogP contribution in [0.2, 0.25) is 0 Å². The number of hydrogen-bond acceptors (Lipinski definition) is 4. The van der Waals surface area contributed by atoms with Gasteiger partial charge in [-0.3, -0.25) is 4.79 Å². The largest absolute Gasteiger partial charge is 0.421 e. The summed E-state index contributed by atoms with van der Waals surface area (Å²) in [6.07, 6.45) is 0. The number of amides is 1. The second-order valence-corrected chi connectivity index (χ2v) is 5.16. The van der Waals surface area contributed by atoms with Crippen LogP contribution in [0, 0.1) is 0 Å². The van der Waals surface area contributed by atoms with Crippen LogP contribution in [-0.2, 0) is 11.3 Å². The summed E-state index contributed by atoms with van der Waals surface area (Å²) in [5, 5.41) is 6.55. The van der Waals surface area contributed by atoms with E-state index in [9.17, 15) is 9.59 Å². The number of anilines is 2. The minimum Gasteiger partial charge on any atom is -0.421 e. The lowest BCUT2D eigenvalue weighted by molar-refractivity contribution is -0.114. The molecule has 1 aromatic heterocycles. The highest BCUT2D eigenvalue weighted by Crippen LogP contribution is 2.29. The van der Waals surface area contributed by atoms with Gasteiger partial charge in [-0.25, -0.2) is 4.79 Å². The summed E-state index contributed by atoms with van der Waals surface area (Å²) in [7, 11) is 0. The summed E-state index contributed by atoms with van der Waals surface area (Å²) >= 11 is 0. The molecule has 1 amide bonds. The topological polar surface area (TPSA) is 71.3 Å². The molecule has 0 radical (unpaired) electrons. The first-order valence-corrected chi connectivity index (χ1v) is 7.26. The van der Waals surface area contributed by atoms with Gasteiger partial charge in [0.15, 0.2) is 5.69 Å². The van der Waals surface area contributed by atoms with E-state index in [2.05, 4.69) is 10.6 Å². The lowest BCUT2D eigenvalue weighted by Crippen LogP contribution is -2.17. The van der Waals surface area contributed by atoms with Crippen molar-refractivity contribution < 1.29 is 9.21 Å². The number of carbonyl (C=O) groups is 1. The predicted octanol–water partition coefficient (Wildman–Crippen LogP) is 3.36. The zero-order valence-corrected chi connectivity index (χ0v) is 12.6. The summed E-state index contributed by atoms with van der Waals surface area (Å²) in [4.78, 5) is 23.6. The van der Waals surface area contributed by atoms with E-state index in [1.165, 1.54) is 6.92 Å². The summed E-state index contributed by atoms with van der Waals surface area (Å²) < 4.78 is 5.28. The van der Waals surface area contributed by atoms with Gasteiger partial charge in [0.2, 0.25) is 5.91 Å². The average Bonchev–Trinajstić information content (AvgIpc) is 2.55. The molecule has 0 unspecified atom stereocenters.